The maximum Gasteiger partial charge on any atom is 0.165 e. The summed E-state index contributed by atoms with van der Waals surface area (Å²) >= 11 is 1.65. The lowest BCUT2D eigenvalue weighted by atomic mass is 10.1. The van der Waals surface area contributed by atoms with Crippen LogP contribution >= 0.6 is 11.3 Å². The molecule has 3 aromatic rings. The molecule has 0 bridgehead atoms. The molecular weight excluding hydrogens is 273 g/mol. The molecule has 3 rings (SSSR count). The number of benzene rings is 2. The van der Waals surface area contributed by atoms with E-state index in [0.717, 1.165) is 15.8 Å². The van der Waals surface area contributed by atoms with Gasteiger partial charge in [-0.1, -0.05) is 24.3 Å². The molecule has 2 N–H and O–H groups in total. The van der Waals surface area contributed by atoms with Crippen LogP contribution in [0, 0.1) is 5.82 Å². The molecule has 0 aliphatic carbocycles. The van der Waals surface area contributed by atoms with Crippen molar-refractivity contribution < 1.29 is 9.13 Å². The van der Waals surface area contributed by atoms with Crippen LogP contribution in [0.2, 0.25) is 0 Å². The summed E-state index contributed by atoms with van der Waals surface area (Å²) < 4.78 is 20.2. The summed E-state index contributed by atoms with van der Waals surface area (Å²) in [5.41, 5.74) is 6.86. The van der Waals surface area contributed by atoms with Crippen LogP contribution in [-0.2, 0) is 13.2 Å². The molecule has 0 radical (unpaired) electrons. The Morgan fingerprint density at radius 3 is 2.75 bits per heavy atom. The number of thiophene rings is 1. The Balaban J connectivity index is 1.83. The van der Waals surface area contributed by atoms with E-state index >= 15 is 0 Å². The first-order chi connectivity index (χ1) is 9.78. The van der Waals surface area contributed by atoms with E-state index in [1.54, 1.807) is 29.5 Å². The normalized spacial score (nSPS) is 10.9. The van der Waals surface area contributed by atoms with Crippen molar-refractivity contribution in [2.75, 3.05) is 0 Å². The minimum atomic E-state index is -0.337. The molecule has 1 heterocycles. The van der Waals surface area contributed by atoms with Crippen LogP contribution < -0.4 is 10.5 Å². The Morgan fingerprint density at radius 1 is 1.10 bits per heavy atom. The van der Waals surface area contributed by atoms with Crippen LogP contribution in [0.5, 0.6) is 5.75 Å². The van der Waals surface area contributed by atoms with E-state index < -0.39 is 0 Å². The van der Waals surface area contributed by atoms with Gasteiger partial charge < -0.3 is 10.5 Å². The number of fused-ring (bicyclic) bond motifs is 1. The van der Waals surface area contributed by atoms with Gasteiger partial charge in [0.15, 0.2) is 11.6 Å². The molecule has 0 aliphatic rings. The Bertz CT molecular complexity index is 738. The summed E-state index contributed by atoms with van der Waals surface area (Å²) in [4.78, 5) is 1.06. The van der Waals surface area contributed by atoms with Gasteiger partial charge in [-0.3, -0.25) is 0 Å². The van der Waals surface area contributed by atoms with Gasteiger partial charge in [-0.15, -0.1) is 11.3 Å². The van der Waals surface area contributed by atoms with Crippen molar-refractivity contribution in [3.05, 3.63) is 64.8 Å². The molecule has 20 heavy (non-hydrogen) atoms. The van der Waals surface area contributed by atoms with Crippen molar-refractivity contribution >= 4 is 21.4 Å². The van der Waals surface area contributed by atoms with Crippen LogP contribution in [0.3, 0.4) is 0 Å². The SMILES string of the molecule is NCc1cccc2sc(COc3ccccc3F)cc12. The number of rotatable bonds is 4. The number of hydrogen-bond donors (Lipinski definition) is 1. The van der Waals surface area contributed by atoms with Gasteiger partial charge in [0, 0.05) is 16.1 Å². The molecule has 0 saturated carbocycles. The Morgan fingerprint density at radius 2 is 1.95 bits per heavy atom. The first-order valence-electron chi connectivity index (χ1n) is 6.35. The quantitative estimate of drug-likeness (QED) is 0.784. The van der Waals surface area contributed by atoms with E-state index in [-0.39, 0.29) is 11.6 Å². The first kappa shape index (κ1) is 13.1. The molecule has 0 atom stereocenters. The molecule has 0 spiro atoms. The second kappa shape index (κ2) is 5.61. The van der Waals surface area contributed by atoms with Crippen LogP contribution in [0.1, 0.15) is 10.4 Å². The molecule has 4 heteroatoms. The van der Waals surface area contributed by atoms with Gasteiger partial charge in [0.05, 0.1) is 0 Å². The summed E-state index contributed by atoms with van der Waals surface area (Å²) in [5, 5.41) is 1.16. The van der Waals surface area contributed by atoms with E-state index in [4.69, 9.17) is 10.5 Å². The summed E-state index contributed by atoms with van der Waals surface area (Å²) in [6.07, 6.45) is 0. The molecule has 102 valence electrons. The minimum Gasteiger partial charge on any atom is -0.485 e. The number of hydrogen-bond acceptors (Lipinski definition) is 3. The van der Waals surface area contributed by atoms with E-state index in [1.807, 2.05) is 12.1 Å². The van der Waals surface area contributed by atoms with Gasteiger partial charge in [0.25, 0.3) is 0 Å². The molecule has 0 saturated heterocycles. The Hall–Kier alpha value is -1.91. The Labute approximate surface area is 120 Å². The lowest BCUT2D eigenvalue weighted by molar-refractivity contribution is 0.293. The minimum absolute atomic E-state index is 0.281. The lowest BCUT2D eigenvalue weighted by Gasteiger charge is -2.04. The van der Waals surface area contributed by atoms with Gasteiger partial charge in [-0.25, -0.2) is 4.39 Å². The molecular formula is C16H14FNOS. The number of nitrogens with two attached hydrogens (primary N) is 1. The maximum atomic E-state index is 13.5. The van der Waals surface area contributed by atoms with Crippen molar-refractivity contribution in [3.63, 3.8) is 0 Å². The van der Waals surface area contributed by atoms with Crippen molar-refractivity contribution in [1.82, 2.24) is 0 Å². The van der Waals surface area contributed by atoms with E-state index in [1.165, 1.54) is 10.8 Å². The van der Waals surface area contributed by atoms with Crippen LogP contribution in [0.25, 0.3) is 10.1 Å². The smallest absolute Gasteiger partial charge is 0.165 e. The molecule has 0 amide bonds. The molecule has 0 fully saturated rings. The Kier molecular flexibility index (Phi) is 3.67. The van der Waals surface area contributed by atoms with E-state index in [9.17, 15) is 4.39 Å². The molecule has 0 aliphatic heterocycles. The summed E-state index contributed by atoms with van der Waals surface area (Å²) in [6.45, 7) is 0.881. The third-order valence-electron chi connectivity index (χ3n) is 3.13. The van der Waals surface area contributed by atoms with Crippen molar-refractivity contribution in [2.24, 2.45) is 5.73 Å². The monoisotopic (exact) mass is 287 g/mol. The lowest BCUT2D eigenvalue weighted by Crippen LogP contribution is -1.96. The summed E-state index contributed by atoms with van der Waals surface area (Å²) in [6, 6.07) is 14.6. The summed E-state index contributed by atoms with van der Waals surface area (Å²) in [7, 11) is 0. The van der Waals surface area contributed by atoms with Crippen molar-refractivity contribution in [2.45, 2.75) is 13.2 Å². The standard InChI is InChI=1S/C16H14FNOS/c17-14-5-1-2-6-15(14)19-10-12-8-13-11(9-18)4-3-7-16(13)20-12/h1-8H,9-10,18H2. The second-order valence-electron chi connectivity index (χ2n) is 4.46. The van der Waals surface area contributed by atoms with Gasteiger partial charge in [-0.2, -0.15) is 0 Å². The molecule has 2 nitrogen and oxygen atoms in total. The zero-order valence-electron chi connectivity index (χ0n) is 10.8. The number of ether oxygens (including phenoxy) is 1. The van der Waals surface area contributed by atoms with Crippen molar-refractivity contribution in [1.29, 1.82) is 0 Å². The highest BCUT2D eigenvalue weighted by Crippen LogP contribution is 2.29. The fourth-order valence-electron chi connectivity index (χ4n) is 2.13. The second-order valence-corrected chi connectivity index (χ2v) is 5.63. The average molecular weight is 287 g/mol. The predicted octanol–water partition coefficient (Wildman–Crippen LogP) is 4.08. The fourth-order valence-corrected chi connectivity index (χ4v) is 3.16. The van der Waals surface area contributed by atoms with E-state index in [2.05, 4.69) is 12.1 Å². The topological polar surface area (TPSA) is 35.2 Å². The van der Waals surface area contributed by atoms with Crippen LogP contribution in [0.15, 0.2) is 48.5 Å². The average Bonchev–Trinajstić information content (AvgIpc) is 2.89. The maximum absolute atomic E-state index is 13.5. The predicted molar refractivity (Wildman–Crippen MR) is 80.4 cm³/mol. The fraction of sp³-hybridized carbons (Fsp3) is 0.125. The van der Waals surface area contributed by atoms with Crippen LogP contribution in [-0.4, -0.2) is 0 Å². The zero-order valence-corrected chi connectivity index (χ0v) is 11.6. The van der Waals surface area contributed by atoms with E-state index in [0.29, 0.717) is 13.2 Å². The third-order valence-corrected chi connectivity index (χ3v) is 4.20. The van der Waals surface area contributed by atoms with Crippen LogP contribution in [0.4, 0.5) is 4.39 Å². The van der Waals surface area contributed by atoms with Gasteiger partial charge in [-0.05, 0) is 35.2 Å². The van der Waals surface area contributed by atoms with Gasteiger partial charge in [0.2, 0.25) is 0 Å². The molecule has 2 aromatic carbocycles. The molecule has 0 unspecified atom stereocenters. The zero-order chi connectivity index (χ0) is 13.9. The molecule has 1 aromatic heterocycles. The highest BCUT2D eigenvalue weighted by Gasteiger charge is 2.07. The first-order valence-corrected chi connectivity index (χ1v) is 7.17. The highest BCUT2D eigenvalue weighted by atomic mass is 32.1. The largest absolute Gasteiger partial charge is 0.485 e. The van der Waals surface area contributed by atoms with Gasteiger partial charge >= 0.3 is 0 Å². The number of halogens is 1. The highest BCUT2D eigenvalue weighted by molar-refractivity contribution is 7.19. The summed E-state index contributed by atoms with van der Waals surface area (Å²) in [5.74, 6) is -0.0553. The van der Waals surface area contributed by atoms with Crippen molar-refractivity contribution in [3.8, 4) is 5.75 Å². The van der Waals surface area contributed by atoms with Gasteiger partial charge in [0.1, 0.15) is 6.61 Å². The third kappa shape index (κ3) is 2.53. The number of para-hydroxylation sites is 1.